The molecule has 0 atom stereocenters. The summed E-state index contributed by atoms with van der Waals surface area (Å²) in [7, 11) is 0. The Morgan fingerprint density at radius 2 is 1.65 bits per heavy atom. The predicted molar refractivity (Wildman–Crippen MR) is 93.1 cm³/mol. The van der Waals surface area contributed by atoms with E-state index in [4.69, 9.17) is 0 Å². The van der Waals surface area contributed by atoms with Crippen LogP contribution in [0.2, 0.25) is 0 Å². The summed E-state index contributed by atoms with van der Waals surface area (Å²) in [5, 5.41) is 3.15. The van der Waals surface area contributed by atoms with Gasteiger partial charge in [-0.15, -0.1) is 0 Å². The molecule has 23 heavy (non-hydrogen) atoms. The number of rotatable bonds is 6. The van der Waals surface area contributed by atoms with E-state index in [0.29, 0.717) is 30.5 Å². The molecular weight excluding hydrogens is 288 g/mol. The molecular formula is C18H24N4O. The average molecular weight is 312 g/mol. The van der Waals surface area contributed by atoms with E-state index in [1.807, 2.05) is 26.0 Å². The molecule has 0 saturated carbocycles. The zero-order valence-electron chi connectivity index (χ0n) is 14.2. The van der Waals surface area contributed by atoms with Gasteiger partial charge in [-0.2, -0.15) is 0 Å². The molecule has 0 spiro atoms. The Labute approximate surface area is 137 Å². The molecule has 0 saturated heterocycles. The number of aromatic nitrogens is 2. The molecule has 0 aliphatic rings. The van der Waals surface area contributed by atoms with E-state index < -0.39 is 0 Å². The Hall–Kier alpha value is -2.43. The van der Waals surface area contributed by atoms with Crippen molar-refractivity contribution in [3.63, 3.8) is 0 Å². The zero-order valence-corrected chi connectivity index (χ0v) is 14.2. The summed E-state index contributed by atoms with van der Waals surface area (Å²) in [6, 6.07) is 8.19. The summed E-state index contributed by atoms with van der Waals surface area (Å²) in [6.45, 7) is 9.60. The third-order valence-corrected chi connectivity index (χ3v) is 3.78. The lowest BCUT2D eigenvalue weighted by Crippen LogP contribution is -2.30. The highest BCUT2D eigenvalue weighted by Crippen LogP contribution is 2.19. The van der Waals surface area contributed by atoms with Crippen LogP contribution in [0.5, 0.6) is 0 Å². The van der Waals surface area contributed by atoms with Gasteiger partial charge in [-0.3, -0.25) is 4.79 Å². The van der Waals surface area contributed by atoms with Crippen molar-refractivity contribution in [3.8, 4) is 0 Å². The SMILES string of the molecule is CCN(CC)C(=O)c1cnc(Nc2ccc(C(C)C)cc2)nc1. The van der Waals surface area contributed by atoms with Gasteiger partial charge in [0.15, 0.2) is 0 Å². The maximum Gasteiger partial charge on any atom is 0.256 e. The predicted octanol–water partition coefficient (Wildman–Crippen LogP) is 3.83. The molecule has 1 aromatic heterocycles. The van der Waals surface area contributed by atoms with Crippen LogP contribution in [-0.2, 0) is 0 Å². The molecule has 0 unspecified atom stereocenters. The van der Waals surface area contributed by atoms with Gasteiger partial charge in [0.2, 0.25) is 5.95 Å². The molecule has 1 amide bonds. The van der Waals surface area contributed by atoms with Crippen molar-refractivity contribution in [1.82, 2.24) is 14.9 Å². The molecule has 2 rings (SSSR count). The average Bonchev–Trinajstić information content (AvgIpc) is 2.57. The van der Waals surface area contributed by atoms with Crippen molar-refractivity contribution >= 4 is 17.5 Å². The van der Waals surface area contributed by atoms with Crippen LogP contribution in [0, 0.1) is 0 Å². The highest BCUT2D eigenvalue weighted by Gasteiger charge is 2.13. The quantitative estimate of drug-likeness (QED) is 0.881. The minimum Gasteiger partial charge on any atom is -0.339 e. The Balaban J connectivity index is 2.06. The fraction of sp³-hybridized carbons (Fsp3) is 0.389. The van der Waals surface area contributed by atoms with Crippen molar-refractivity contribution in [3.05, 3.63) is 47.8 Å². The third-order valence-electron chi connectivity index (χ3n) is 3.78. The minimum atomic E-state index is -0.0390. The van der Waals surface area contributed by atoms with Gasteiger partial charge in [0.25, 0.3) is 5.91 Å². The molecule has 0 aliphatic heterocycles. The van der Waals surface area contributed by atoms with E-state index in [9.17, 15) is 4.79 Å². The summed E-state index contributed by atoms with van der Waals surface area (Å²) < 4.78 is 0. The Kier molecular flexibility index (Phi) is 5.68. The van der Waals surface area contributed by atoms with Crippen LogP contribution in [-0.4, -0.2) is 33.9 Å². The van der Waals surface area contributed by atoms with Crippen LogP contribution in [0.4, 0.5) is 11.6 Å². The van der Waals surface area contributed by atoms with Crippen LogP contribution in [0.15, 0.2) is 36.7 Å². The van der Waals surface area contributed by atoms with E-state index >= 15 is 0 Å². The van der Waals surface area contributed by atoms with E-state index in [-0.39, 0.29) is 5.91 Å². The molecule has 0 radical (unpaired) electrons. The monoisotopic (exact) mass is 312 g/mol. The van der Waals surface area contributed by atoms with E-state index in [1.165, 1.54) is 5.56 Å². The van der Waals surface area contributed by atoms with Gasteiger partial charge in [0.05, 0.1) is 5.56 Å². The Morgan fingerprint density at radius 3 is 2.13 bits per heavy atom. The van der Waals surface area contributed by atoms with Crippen molar-refractivity contribution in [2.45, 2.75) is 33.6 Å². The molecule has 0 aliphatic carbocycles. The number of carbonyl (C=O) groups is 1. The number of hydrogen-bond acceptors (Lipinski definition) is 4. The maximum atomic E-state index is 12.2. The lowest BCUT2D eigenvalue weighted by molar-refractivity contribution is 0.0772. The Morgan fingerprint density at radius 1 is 1.09 bits per heavy atom. The summed E-state index contributed by atoms with van der Waals surface area (Å²) in [5.74, 6) is 0.951. The molecule has 0 fully saturated rings. The third kappa shape index (κ3) is 4.28. The molecule has 5 heteroatoms. The first-order valence-corrected chi connectivity index (χ1v) is 8.03. The standard InChI is InChI=1S/C18H24N4O/c1-5-22(6-2)17(23)15-11-19-18(20-12-15)21-16-9-7-14(8-10-16)13(3)4/h7-13H,5-6H2,1-4H3,(H,19,20,21). The number of anilines is 2. The maximum absolute atomic E-state index is 12.2. The zero-order chi connectivity index (χ0) is 16.8. The molecule has 5 nitrogen and oxygen atoms in total. The molecule has 1 N–H and O–H groups in total. The number of carbonyl (C=O) groups excluding carboxylic acids is 1. The fourth-order valence-corrected chi connectivity index (χ4v) is 2.28. The molecule has 1 heterocycles. The van der Waals surface area contributed by atoms with E-state index in [0.717, 1.165) is 5.69 Å². The number of nitrogens with one attached hydrogen (secondary N) is 1. The van der Waals surface area contributed by atoms with Crippen LogP contribution >= 0.6 is 0 Å². The van der Waals surface area contributed by atoms with Gasteiger partial charge < -0.3 is 10.2 Å². The first-order chi connectivity index (χ1) is 11.0. The minimum absolute atomic E-state index is 0.0390. The highest BCUT2D eigenvalue weighted by molar-refractivity contribution is 5.93. The van der Waals surface area contributed by atoms with Crippen molar-refractivity contribution in [2.75, 3.05) is 18.4 Å². The molecule has 122 valence electrons. The second-order valence-electron chi connectivity index (χ2n) is 5.67. The number of nitrogens with zero attached hydrogens (tertiary/aromatic N) is 3. The summed E-state index contributed by atoms with van der Waals surface area (Å²) in [5.41, 5.74) is 2.73. The van der Waals surface area contributed by atoms with Gasteiger partial charge in [0.1, 0.15) is 0 Å². The topological polar surface area (TPSA) is 58.1 Å². The Bertz CT molecular complexity index is 631. The molecule has 2 aromatic rings. The van der Waals surface area contributed by atoms with Crippen molar-refractivity contribution in [1.29, 1.82) is 0 Å². The van der Waals surface area contributed by atoms with Crippen LogP contribution < -0.4 is 5.32 Å². The van der Waals surface area contributed by atoms with Crippen molar-refractivity contribution in [2.24, 2.45) is 0 Å². The lowest BCUT2D eigenvalue weighted by atomic mass is 10.0. The second-order valence-corrected chi connectivity index (χ2v) is 5.67. The van der Waals surface area contributed by atoms with Gasteiger partial charge >= 0.3 is 0 Å². The lowest BCUT2D eigenvalue weighted by Gasteiger charge is -2.18. The van der Waals surface area contributed by atoms with Gasteiger partial charge in [0, 0.05) is 31.2 Å². The largest absolute Gasteiger partial charge is 0.339 e. The van der Waals surface area contributed by atoms with E-state index in [1.54, 1.807) is 17.3 Å². The van der Waals surface area contributed by atoms with E-state index in [2.05, 4.69) is 41.3 Å². The highest BCUT2D eigenvalue weighted by atomic mass is 16.2. The summed E-state index contributed by atoms with van der Waals surface area (Å²) >= 11 is 0. The first kappa shape index (κ1) is 16.9. The number of hydrogen-bond donors (Lipinski definition) is 1. The van der Waals surface area contributed by atoms with Gasteiger partial charge in [-0.25, -0.2) is 9.97 Å². The van der Waals surface area contributed by atoms with Crippen LogP contribution in [0.3, 0.4) is 0 Å². The first-order valence-electron chi connectivity index (χ1n) is 8.03. The van der Waals surface area contributed by atoms with Crippen LogP contribution in [0.1, 0.15) is 49.5 Å². The summed E-state index contributed by atoms with van der Waals surface area (Å²) in [4.78, 5) is 22.4. The summed E-state index contributed by atoms with van der Waals surface area (Å²) in [6.07, 6.45) is 3.14. The smallest absolute Gasteiger partial charge is 0.256 e. The van der Waals surface area contributed by atoms with Crippen LogP contribution in [0.25, 0.3) is 0 Å². The molecule has 1 aromatic carbocycles. The second kappa shape index (κ2) is 7.72. The molecule has 0 bridgehead atoms. The number of amides is 1. The normalized spacial score (nSPS) is 10.7. The fourth-order valence-electron chi connectivity index (χ4n) is 2.28. The van der Waals surface area contributed by atoms with Gasteiger partial charge in [-0.05, 0) is 37.5 Å². The van der Waals surface area contributed by atoms with Crippen molar-refractivity contribution < 1.29 is 4.79 Å². The van der Waals surface area contributed by atoms with Gasteiger partial charge in [-0.1, -0.05) is 26.0 Å². The number of benzene rings is 1.